The maximum Gasteiger partial charge on any atom is 0.257 e. The Morgan fingerprint density at radius 2 is 1.87 bits per heavy atom. The van der Waals surface area contributed by atoms with Gasteiger partial charge in [-0.1, -0.05) is 12.1 Å². The average molecular weight is 314 g/mol. The van der Waals surface area contributed by atoms with Gasteiger partial charge in [-0.25, -0.2) is 9.37 Å². The second kappa shape index (κ2) is 6.75. The van der Waals surface area contributed by atoms with Crippen molar-refractivity contribution in [2.75, 3.05) is 38.5 Å². The van der Waals surface area contributed by atoms with Crippen molar-refractivity contribution in [3.63, 3.8) is 0 Å². The smallest absolute Gasteiger partial charge is 0.257 e. The highest BCUT2D eigenvalue weighted by Gasteiger charge is 2.23. The number of hydrogen-bond donors (Lipinski definition) is 1. The van der Waals surface area contributed by atoms with Crippen LogP contribution in [0.4, 0.5) is 15.9 Å². The number of piperazine rings is 1. The van der Waals surface area contributed by atoms with Crippen LogP contribution in [0.25, 0.3) is 0 Å². The molecule has 0 atom stereocenters. The van der Waals surface area contributed by atoms with Crippen molar-refractivity contribution in [2.24, 2.45) is 0 Å². The number of carbonyl (C=O) groups excluding carboxylic acids is 1. The third kappa shape index (κ3) is 3.48. The molecule has 0 saturated carbocycles. The lowest BCUT2D eigenvalue weighted by Gasteiger charge is -2.32. The number of nitrogens with zero attached hydrogens (tertiary/aromatic N) is 3. The molecule has 6 heteroatoms. The standard InChI is InChI=1S/C17H19FN4O/c1-21-9-11-22(12-10-21)17(23)13-5-4-8-19-16(13)20-15-7-3-2-6-14(15)18/h2-8H,9-12H2,1H3,(H,19,20). The van der Waals surface area contributed by atoms with E-state index < -0.39 is 0 Å². The molecule has 1 amide bonds. The van der Waals surface area contributed by atoms with E-state index in [2.05, 4.69) is 15.2 Å². The summed E-state index contributed by atoms with van der Waals surface area (Å²) in [6, 6.07) is 9.78. The summed E-state index contributed by atoms with van der Waals surface area (Å²) in [7, 11) is 2.04. The molecule has 1 fully saturated rings. The van der Waals surface area contributed by atoms with Gasteiger partial charge in [0.05, 0.1) is 11.3 Å². The summed E-state index contributed by atoms with van der Waals surface area (Å²) in [5, 5.41) is 2.93. The lowest BCUT2D eigenvalue weighted by atomic mass is 10.2. The van der Waals surface area contributed by atoms with E-state index in [0.717, 1.165) is 13.1 Å². The fourth-order valence-corrected chi connectivity index (χ4v) is 2.55. The predicted molar refractivity (Wildman–Crippen MR) is 87.3 cm³/mol. The first-order chi connectivity index (χ1) is 11.1. The van der Waals surface area contributed by atoms with Gasteiger partial charge in [0.25, 0.3) is 5.91 Å². The van der Waals surface area contributed by atoms with Crippen LogP contribution in [0.2, 0.25) is 0 Å². The minimum Gasteiger partial charge on any atom is -0.337 e. The number of para-hydroxylation sites is 1. The summed E-state index contributed by atoms with van der Waals surface area (Å²) >= 11 is 0. The molecule has 0 bridgehead atoms. The number of rotatable bonds is 3. The number of likely N-dealkylation sites (N-methyl/N-ethyl adjacent to an activating group) is 1. The minimum absolute atomic E-state index is 0.0787. The summed E-state index contributed by atoms with van der Waals surface area (Å²) < 4.78 is 13.8. The van der Waals surface area contributed by atoms with Gasteiger partial charge in [0.1, 0.15) is 11.6 Å². The number of pyridine rings is 1. The molecule has 0 unspecified atom stereocenters. The Morgan fingerprint density at radius 3 is 2.61 bits per heavy atom. The Labute approximate surface area is 134 Å². The van der Waals surface area contributed by atoms with E-state index in [1.807, 2.05) is 11.9 Å². The van der Waals surface area contributed by atoms with Crippen molar-refractivity contribution in [3.05, 3.63) is 54.0 Å². The lowest BCUT2D eigenvalue weighted by molar-refractivity contribution is 0.0665. The zero-order valence-electron chi connectivity index (χ0n) is 13.0. The first-order valence-electron chi connectivity index (χ1n) is 7.59. The molecular formula is C17H19FN4O. The Morgan fingerprint density at radius 1 is 1.13 bits per heavy atom. The van der Waals surface area contributed by atoms with Crippen LogP contribution in [0.1, 0.15) is 10.4 Å². The molecule has 0 radical (unpaired) electrons. The molecule has 5 nitrogen and oxygen atoms in total. The number of anilines is 2. The van der Waals surface area contributed by atoms with Gasteiger partial charge in [0.2, 0.25) is 0 Å². The largest absolute Gasteiger partial charge is 0.337 e. The van der Waals surface area contributed by atoms with Gasteiger partial charge in [0, 0.05) is 32.4 Å². The lowest BCUT2D eigenvalue weighted by Crippen LogP contribution is -2.47. The van der Waals surface area contributed by atoms with Gasteiger partial charge in [-0.05, 0) is 31.3 Å². The molecule has 1 aliphatic heterocycles. The van der Waals surface area contributed by atoms with E-state index >= 15 is 0 Å². The number of aromatic nitrogens is 1. The van der Waals surface area contributed by atoms with Crippen molar-refractivity contribution < 1.29 is 9.18 Å². The van der Waals surface area contributed by atoms with Crippen LogP contribution < -0.4 is 5.32 Å². The normalized spacial score (nSPS) is 15.5. The number of benzene rings is 1. The first-order valence-corrected chi connectivity index (χ1v) is 7.59. The second-order valence-corrected chi connectivity index (χ2v) is 5.60. The molecule has 0 aliphatic carbocycles. The van der Waals surface area contributed by atoms with Crippen LogP contribution in [0.15, 0.2) is 42.6 Å². The van der Waals surface area contributed by atoms with Gasteiger partial charge < -0.3 is 15.1 Å². The molecule has 1 aromatic heterocycles. The second-order valence-electron chi connectivity index (χ2n) is 5.60. The molecular weight excluding hydrogens is 295 g/mol. The Hall–Kier alpha value is -2.47. The summed E-state index contributed by atoms with van der Waals surface area (Å²) in [5.41, 5.74) is 0.763. The van der Waals surface area contributed by atoms with Crippen LogP contribution in [0.5, 0.6) is 0 Å². The van der Waals surface area contributed by atoms with E-state index in [1.54, 1.807) is 36.5 Å². The SMILES string of the molecule is CN1CCN(C(=O)c2cccnc2Nc2ccccc2F)CC1. The van der Waals surface area contributed by atoms with Gasteiger partial charge in [-0.15, -0.1) is 0 Å². The summed E-state index contributed by atoms with van der Waals surface area (Å²) in [4.78, 5) is 20.9. The highest BCUT2D eigenvalue weighted by atomic mass is 19.1. The van der Waals surface area contributed by atoms with Crippen LogP contribution in [0, 0.1) is 5.82 Å². The number of amides is 1. The number of halogens is 1. The van der Waals surface area contributed by atoms with Crippen molar-refractivity contribution in [1.82, 2.24) is 14.8 Å². The van der Waals surface area contributed by atoms with E-state index in [9.17, 15) is 9.18 Å². The zero-order valence-corrected chi connectivity index (χ0v) is 13.0. The first kappa shape index (κ1) is 15.4. The van der Waals surface area contributed by atoms with Crippen LogP contribution in [-0.4, -0.2) is 53.9 Å². The molecule has 1 saturated heterocycles. The quantitative estimate of drug-likeness (QED) is 0.945. The van der Waals surface area contributed by atoms with Crippen molar-refractivity contribution in [2.45, 2.75) is 0 Å². The van der Waals surface area contributed by atoms with Crippen molar-refractivity contribution in [3.8, 4) is 0 Å². The molecule has 0 spiro atoms. The fraction of sp³-hybridized carbons (Fsp3) is 0.294. The molecule has 1 aromatic carbocycles. The molecule has 1 N–H and O–H groups in total. The van der Waals surface area contributed by atoms with E-state index in [-0.39, 0.29) is 11.7 Å². The zero-order chi connectivity index (χ0) is 16.2. The number of nitrogens with one attached hydrogen (secondary N) is 1. The predicted octanol–water partition coefficient (Wildman–Crippen LogP) is 2.35. The maximum atomic E-state index is 13.8. The highest BCUT2D eigenvalue weighted by molar-refractivity contribution is 5.99. The van der Waals surface area contributed by atoms with Crippen LogP contribution in [-0.2, 0) is 0 Å². The van der Waals surface area contributed by atoms with Crippen LogP contribution >= 0.6 is 0 Å². The Kier molecular flexibility index (Phi) is 4.52. The van der Waals surface area contributed by atoms with E-state index in [4.69, 9.17) is 0 Å². The third-order valence-corrected chi connectivity index (χ3v) is 3.96. The topological polar surface area (TPSA) is 48.5 Å². The van der Waals surface area contributed by atoms with E-state index in [1.165, 1.54) is 6.07 Å². The fourth-order valence-electron chi connectivity index (χ4n) is 2.55. The summed E-state index contributed by atoms with van der Waals surface area (Å²) in [5.74, 6) is -0.0808. The molecule has 3 rings (SSSR count). The van der Waals surface area contributed by atoms with E-state index in [0.29, 0.717) is 30.2 Å². The number of hydrogen-bond acceptors (Lipinski definition) is 4. The Bertz CT molecular complexity index is 698. The molecule has 2 heterocycles. The van der Waals surface area contributed by atoms with Gasteiger partial charge in [-0.3, -0.25) is 4.79 Å². The molecule has 2 aromatic rings. The average Bonchev–Trinajstić information content (AvgIpc) is 2.57. The maximum absolute atomic E-state index is 13.8. The molecule has 120 valence electrons. The summed E-state index contributed by atoms with van der Waals surface area (Å²) in [6.45, 7) is 3.07. The van der Waals surface area contributed by atoms with Crippen molar-refractivity contribution in [1.29, 1.82) is 0 Å². The summed E-state index contributed by atoms with van der Waals surface area (Å²) in [6.07, 6.45) is 1.59. The minimum atomic E-state index is -0.379. The van der Waals surface area contributed by atoms with Crippen molar-refractivity contribution >= 4 is 17.4 Å². The molecule has 23 heavy (non-hydrogen) atoms. The third-order valence-electron chi connectivity index (χ3n) is 3.96. The molecule has 1 aliphatic rings. The van der Waals surface area contributed by atoms with Crippen LogP contribution in [0.3, 0.4) is 0 Å². The van der Waals surface area contributed by atoms with Gasteiger partial charge in [-0.2, -0.15) is 0 Å². The van der Waals surface area contributed by atoms with Gasteiger partial charge in [0.15, 0.2) is 0 Å². The monoisotopic (exact) mass is 314 g/mol. The highest BCUT2D eigenvalue weighted by Crippen LogP contribution is 2.22. The Balaban J connectivity index is 1.83. The number of carbonyl (C=O) groups is 1. The van der Waals surface area contributed by atoms with Gasteiger partial charge >= 0.3 is 0 Å².